The van der Waals surface area contributed by atoms with E-state index in [4.69, 9.17) is 9.47 Å². The van der Waals surface area contributed by atoms with Crippen LogP contribution in [0, 0.1) is 0 Å². The number of nitrogens with one attached hydrogen (secondary N) is 2. The average molecular weight is 425 g/mol. The summed E-state index contributed by atoms with van der Waals surface area (Å²) in [5.74, 6) is 2.49. The number of benzene rings is 2. The lowest BCUT2D eigenvalue weighted by molar-refractivity contribution is 0.0827. The lowest BCUT2D eigenvalue weighted by atomic mass is 10.1. The highest BCUT2D eigenvalue weighted by Gasteiger charge is 2.21. The van der Waals surface area contributed by atoms with Gasteiger partial charge in [-0.25, -0.2) is 0 Å². The molecule has 1 amide bonds. The average Bonchev–Trinajstić information content (AvgIpc) is 3.13. The first kappa shape index (κ1) is 22.5. The third-order valence-electron chi connectivity index (χ3n) is 5.26. The summed E-state index contributed by atoms with van der Waals surface area (Å²) in [5, 5.41) is 6.66. The van der Waals surface area contributed by atoms with Crippen LogP contribution in [0.2, 0.25) is 0 Å². The Kier molecular flexibility index (Phi) is 7.39. The summed E-state index contributed by atoms with van der Waals surface area (Å²) in [4.78, 5) is 18.0. The van der Waals surface area contributed by atoms with E-state index >= 15 is 0 Å². The Morgan fingerprint density at radius 3 is 2.77 bits per heavy atom. The fourth-order valence-corrected chi connectivity index (χ4v) is 3.65. The molecule has 1 aliphatic rings. The number of hydrogen-bond donors (Lipinski definition) is 2. The van der Waals surface area contributed by atoms with Crippen LogP contribution in [0.4, 0.5) is 0 Å². The monoisotopic (exact) mass is 424 g/mol. The number of rotatable bonds is 7. The third kappa shape index (κ3) is 5.69. The Balaban J connectivity index is 1.55. The quantitative estimate of drug-likeness (QED) is 0.528. The second-order valence-electron chi connectivity index (χ2n) is 7.91. The van der Waals surface area contributed by atoms with Gasteiger partial charge in [0, 0.05) is 57.3 Å². The Labute approximate surface area is 184 Å². The van der Waals surface area contributed by atoms with Crippen LogP contribution in [-0.4, -0.2) is 57.7 Å². The van der Waals surface area contributed by atoms with Crippen molar-refractivity contribution in [2.24, 2.45) is 4.99 Å². The summed E-state index contributed by atoms with van der Waals surface area (Å²) in [5.41, 5.74) is 4.01. The van der Waals surface area contributed by atoms with Crippen molar-refractivity contribution in [1.82, 2.24) is 15.5 Å². The molecule has 0 saturated carbocycles. The van der Waals surface area contributed by atoms with Crippen LogP contribution in [0.1, 0.15) is 34.0 Å². The molecule has 0 spiro atoms. The molecular weight excluding hydrogens is 392 g/mol. The summed E-state index contributed by atoms with van der Waals surface area (Å²) < 4.78 is 11.5. The minimum atomic E-state index is 0.00829. The maximum atomic E-state index is 12.1. The Morgan fingerprint density at radius 2 is 2.06 bits per heavy atom. The highest BCUT2D eigenvalue weighted by atomic mass is 16.5. The summed E-state index contributed by atoms with van der Waals surface area (Å²) >= 11 is 0. The Bertz CT molecular complexity index is 956. The fraction of sp³-hybridized carbons (Fsp3) is 0.417. The largest absolute Gasteiger partial charge is 0.496 e. The molecule has 0 fully saturated rings. The van der Waals surface area contributed by atoms with Crippen molar-refractivity contribution < 1.29 is 14.3 Å². The molecule has 7 nitrogen and oxygen atoms in total. The van der Waals surface area contributed by atoms with Gasteiger partial charge in [-0.2, -0.15) is 0 Å². The number of aliphatic imine (C=N–C) groups is 1. The molecule has 2 aromatic rings. The first-order valence-corrected chi connectivity index (χ1v) is 10.5. The van der Waals surface area contributed by atoms with E-state index < -0.39 is 0 Å². The maximum absolute atomic E-state index is 12.1. The number of fused-ring (bicyclic) bond motifs is 1. The van der Waals surface area contributed by atoms with Crippen molar-refractivity contribution in [1.29, 1.82) is 0 Å². The van der Waals surface area contributed by atoms with Gasteiger partial charge in [0.05, 0.1) is 7.11 Å². The molecule has 31 heavy (non-hydrogen) atoms. The molecule has 1 aliphatic heterocycles. The molecule has 166 valence electrons. The molecule has 0 radical (unpaired) electrons. The van der Waals surface area contributed by atoms with Gasteiger partial charge in [0.2, 0.25) is 0 Å². The summed E-state index contributed by atoms with van der Waals surface area (Å²) in [6.45, 7) is 3.34. The predicted molar refractivity (Wildman–Crippen MR) is 123 cm³/mol. The molecule has 1 atom stereocenters. The second kappa shape index (κ2) is 10.2. The zero-order valence-corrected chi connectivity index (χ0v) is 19.0. The standard InChI is InChI=1S/C24H32N4O3/c1-16-11-19-13-21(30-5)20(14-22(19)31-16)15-27-24(25-2)26-10-9-17-7-6-8-18(12-17)23(29)28(3)4/h6-8,12-14,16H,9-11,15H2,1-5H3,(H2,25,26,27). The first-order chi connectivity index (χ1) is 14.9. The van der Waals surface area contributed by atoms with Crippen molar-refractivity contribution >= 4 is 11.9 Å². The molecule has 1 heterocycles. The van der Waals surface area contributed by atoms with Crippen LogP contribution in [0.5, 0.6) is 11.5 Å². The number of hydrogen-bond acceptors (Lipinski definition) is 4. The molecule has 1 unspecified atom stereocenters. The van der Waals surface area contributed by atoms with Crippen LogP contribution in [-0.2, 0) is 19.4 Å². The van der Waals surface area contributed by atoms with Crippen molar-refractivity contribution in [3.05, 3.63) is 58.7 Å². The van der Waals surface area contributed by atoms with E-state index in [9.17, 15) is 4.79 Å². The first-order valence-electron chi connectivity index (χ1n) is 10.5. The van der Waals surface area contributed by atoms with Crippen LogP contribution in [0.15, 0.2) is 41.4 Å². The van der Waals surface area contributed by atoms with Crippen molar-refractivity contribution in [2.75, 3.05) is 34.8 Å². The highest BCUT2D eigenvalue weighted by Crippen LogP contribution is 2.34. The number of amides is 1. The van der Waals surface area contributed by atoms with Crippen LogP contribution in [0.3, 0.4) is 0 Å². The van der Waals surface area contributed by atoms with E-state index in [1.54, 1.807) is 33.2 Å². The van der Waals surface area contributed by atoms with Crippen LogP contribution < -0.4 is 20.1 Å². The Hall–Kier alpha value is -3.22. The van der Waals surface area contributed by atoms with Gasteiger partial charge in [0.15, 0.2) is 5.96 Å². The number of nitrogens with zero attached hydrogens (tertiary/aromatic N) is 2. The zero-order valence-electron chi connectivity index (χ0n) is 19.0. The number of carbonyl (C=O) groups is 1. The van der Waals surface area contributed by atoms with Gasteiger partial charge >= 0.3 is 0 Å². The van der Waals surface area contributed by atoms with Crippen LogP contribution in [0.25, 0.3) is 0 Å². The molecule has 0 aliphatic carbocycles. The van der Waals surface area contributed by atoms with E-state index in [-0.39, 0.29) is 12.0 Å². The molecule has 3 rings (SSSR count). The highest BCUT2D eigenvalue weighted by molar-refractivity contribution is 5.94. The van der Waals surface area contributed by atoms with Crippen molar-refractivity contribution in [2.45, 2.75) is 32.4 Å². The SMILES string of the molecule is CN=C(NCCc1cccc(C(=O)N(C)C)c1)NCc1cc2c(cc1OC)CC(C)O2. The lowest BCUT2D eigenvalue weighted by Gasteiger charge is -2.15. The van der Waals surface area contributed by atoms with Gasteiger partial charge in [0.1, 0.15) is 17.6 Å². The van der Waals surface area contributed by atoms with Crippen molar-refractivity contribution in [3.63, 3.8) is 0 Å². The van der Waals surface area contributed by atoms with E-state index in [1.165, 1.54) is 5.56 Å². The van der Waals surface area contributed by atoms with E-state index in [0.29, 0.717) is 24.6 Å². The molecule has 7 heteroatoms. The molecule has 0 saturated heterocycles. The molecule has 0 aromatic heterocycles. The zero-order chi connectivity index (χ0) is 22.4. The van der Waals surface area contributed by atoms with Gasteiger partial charge in [-0.1, -0.05) is 12.1 Å². The molecule has 0 bridgehead atoms. The van der Waals surface area contributed by atoms with E-state index in [1.807, 2.05) is 30.3 Å². The van der Waals surface area contributed by atoms with Crippen LogP contribution >= 0.6 is 0 Å². The summed E-state index contributed by atoms with van der Waals surface area (Å²) in [6.07, 6.45) is 1.89. The van der Waals surface area contributed by atoms with E-state index in [0.717, 1.165) is 35.5 Å². The maximum Gasteiger partial charge on any atom is 0.253 e. The minimum Gasteiger partial charge on any atom is -0.496 e. The summed E-state index contributed by atoms with van der Waals surface area (Å²) in [7, 11) is 6.95. The number of ether oxygens (including phenoxy) is 2. The number of carbonyl (C=O) groups excluding carboxylic acids is 1. The molecular formula is C24H32N4O3. The number of guanidine groups is 1. The Morgan fingerprint density at radius 1 is 1.26 bits per heavy atom. The predicted octanol–water partition coefficient (Wildman–Crippen LogP) is 2.63. The second-order valence-corrected chi connectivity index (χ2v) is 7.91. The number of methoxy groups -OCH3 is 1. The van der Waals surface area contributed by atoms with Gasteiger partial charge < -0.3 is 25.0 Å². The lowest BCUT2D eigenvalue weighted by Crippen LogP contribution is -2.38. The fourth-order valence-electron chi connectivity index (χ4n) is 3.65. The molecule has 2 aromatic carbocycles. The summed E-state index contributed by atoms with van der Waals surface area (Å²) in [6, 6.07) is 11.8. The smallest absolute Gasteiger partial charge is 0.253 e. The third-order valence-corrected chi connectivity index (χ3v) is 5.26. The van der Waals surface area contributed by atoms with Gasteiger partial charge in [-0.15, -0.1) is 0 Å². The van der Waals surface area contributed by atoms with E-state index in [2.05, 4.69) is 28.6 Å². The van der Waals surface area contributed by atoms with Gasteiger partial charge in [-0.05, 0) is 43.2 Å². The normalized spacial score (nSPS) is 15.1. The minimum absolute atomic E-state index is 0.00829. The van der Waals surface area contributed by atoms with Gasteiger partial charge in [-0.3, -0.25) is 9.79 Å². The topological polar surface area (TPSA) is 75.2 Å². The van der Waals surface area contributed by atoms with Gasteiger partial charge in [0.25, 0.3) is 5.91 Å². The molecule has 2 N–H and O–H groups in total. The van der Waals surface area contributed by atoms with Crippen molar-refractivity contribution in [3.8, 4) is 11.5 Å².